The van der Waals surface area contributed by atoms with Crippen molar-refractivity contribution in [1.29, 1.82) is 0 Å². The molecule has 1 nitrogen and oxygen atoms in total. The molecule has 0 radical (unpaired) electrons. The summed E-state index contributed by atoms with van der Waals surface area (Å²) in [4.78, 5) is 0. The van der Waals surface area contributed by atoms with E-state index < -0.39 is 0 Å². The van der Waals surface area contributed by atoms with Crippen LogP contribution in [0.2, 0.25) is 0 Å². The van der Waals surface area contributed by atoms with Crippen molar-refractivity contribution in [2.24, 2.45) is 0 Å². The van der Waals surface area contributed by atoms with Crippen molar-refractivity contribution in [1.82, 2.24) is 4.57 Å². The van der Waals surface area contributed by atoms with E-state index in [2.05, 4.69) is 120 Å². The summed E-state index contributed by atoms with van der Waals surface area (Å²) in [6, 6.07) is 43.8. The van der Waals surface area contributed by atoms with Crippen LogP contribution in [0.5, 0.6) is 0 Å². The molecule has 170 valence electrons. The van der Waals surface area contributed by atoms with Gasteiger partial charge < -0.3 is 4.57 Å². The molecule has 0 fully saturated rings. The first-order valence-electron chi connectivity index (χ1n) is 12.6. The molecule has 1 heteroatoms. The van der Waals surface area contributed by atoms with Crippen LogP contribution in [0, 0.1) is 12.3 Å². The predicted octanol–water partition coefficient (Wildman–Crippen LogP) is 9.38. The predicted molar refractivity (Wildman–Crippen MR) is 159 cm³/mol. The summed E-state index contributed by atoms with van der Waals surface area (Å²) in [5, 5.41) is 12.8. The van der Waals surface area contributed by atoms with Crippen molar-refractivity contribution in [3.8, 4) is 18.0 Å². The van der Waals surface area contributed by atoms with Gasteiger partial charge in [0.2, 0.25) is 0 Å². The smallest absolute Gasteiger partial charge is 0.0548 e. The van der Waals surface area contributed by atoms with Gasteiger partial charge in [-0.1, -0.05) is 90.8 Å². The van der Waals surface area contributed by atoms with Crippen LogP contribution in [0.4, 0.5) is 0 Å². The van der Waals surface area contributed by atoms with Crippen molar-refractivity contribution in [3.63, 3.8) is 0 Å². The Hall–Kier alpha value is -5.06. The van der Waals surface area contributed by atoms with Gasteiger partial charge in [-0.15, -0.1) is 6.42 Å². The molecule has 0 aliphatic rings. The highest BCUT2D eigenvalue weighted by Crippen LogP contribution is 2.44. The summed E-state index contributed by atoms with van der Waals surface area (Å²) < 4.78 is 2.40. The van der Waals surface area contributed by atoms with Crippen LogP contribution in [-0.2, 0) is 0 Å². The number of benzene rings is 7. The molecular weight excluding hydrogens is 446 g/mol. The van der Waals surface area contributed by atoms with Gasteiger partial charge in [0, 0.05) is 22.0 Å². The SMILES string of the molecule is C#Cc1ccc(-n2c3ccc4ccc5ccccc5c4c3c3c4c(ccc5ccccc54)ccc32)cc1. The number of aromatic nitrogens is 1. The van der Waals surface area contributed by atoms with Crippen LogP contribution in [0.25, 0.3) is 70.6 Å². The fraction of sp³-hybridized carbons (Fsp3) is 0. The second kappa shape index (κ2) is 7.47. The van der Waals surface area contributed by atoms with Crippen molar-refractivity contribution in [2.45, 2.75) is 0 Å². The Morgan fingerprint density at radius 1 is 0.432 bits per heavy atom. The summed E-state index contributed by atoms with van der Waals surface area (Å²) in [5.74, 6) is 2.75. The Labute approximate surface area is 214 Å². The summed E-state index contributed by atoms with van der Waals surface area (Å²) in [6.07, 6.45) is 5.67. The minimum atomic E-state index is 0.886. The molecule has 0 spiro atoms. The monoisotopic (exact) mass is 467 g/mol. The Balaban J connectivity index is 1.71. The molecule has 1 aromatic heterocycles. The normalized spacial score (nSPS) is 11.8. The van der Waals surface area contributed by atoms with Crippen molar-refractivity contribution in [2.75, 3.05) is 0 Å². The number of terminal acetylenes is 1. The van der Waals surface area contributed by atoms with Gasteiger partial charge >= 0.3 is 0 Å². The maximum absolute atomic E-state index is 5.67. The molecule has 0 N–H and O–H groups in total. The third-order valence-corrected chi connectivity index (χ3v) is 7.80. The van der Waals surface area contributed by atoms with Crippen LogP contribution in [0.1, 0.15) is 5.56 Å². The number of hydrogen-bond donors (Lipinski definition) is 0. The third-order valence-electron chi connectivity index (χ3n) is 7.80. The summed E-state index contributed by atoms with van der Waals surface area (Å²) in [7, 11) is 0. The fourth-order valence-electron chi connectivity index (χ4n) is 6.17. The van der Waals surface area contributed by atoms with Crippen molar-refractivity contribution < 1.29 is 0 Å². The van der Waals surface area contributed by atoms with E-state index in [1.807, 2.05) is 12.1 Å². The van der Waals surface area contributed by atoms with Crippen LogP contribution in [0.3, 0.4) is 0 Å². The van der Waals surface area contributed by atoms with Crippen LogP contribution < -0.4 is 0 Å². The first-order chi connectivity index (χ1) is 18.3. The van der Waals surface area contributed by atoms with Gasteiger partial charge in [0.1, 0.15) is 0 Å². The van der Waals surface area contributed by atoms with E-state index in [9.17, 15) is 0 Å². The number of fused-ring (bicyclic) bond motifs is 11. The lowest BCUT2D eigenvalue weighted by Crippen LogP contribution is -1.94. The highest BCUT2D eigenvalue weighted by molar-refractivity contribution is 6.35. The second-order valence-corrected chi connectivity index (χ2v) is 9.72. The van der Waals surface area contributed by atoms with Crippen molar-refractivity contribution in [3.05, 3.63) is 127 Å². The van der Waals surface area contributed by atoms with E-state index >= 15 is 0 Å². The fourth-order valence-corrected chi connectivity index (χ4v) is 6.17. The van der Waals surface area contributed by atoms with E-state index in [-0.39, 0.29) is 0 Å². The van der Waals surface area contributed by atoms with Gasteiger partial charge in [-0.25, -0.2) is 0 Å². The quantitative estimate of drug-likeness (QED) is 0.167. The average Bonchev–Trinajstić information content (AvgIpc) is 3.31. The van der Waals surface area contributed by atoms with E-state index in [0.717, 1.165) is 11.3 Å². The zero-order valence-corrected chi connectivity index (χ0v) is 20.1. The summed E-state index contributed by atoms with van der Waals surface area (Å²) in [5.41, 5.74) is 4.40. The molecule has 7 aromatic carbocycles. The van der Waals surface area contributed by atoms with E-state index in [1.165, 1.54) is 64.9 Å². The Morgan fingerprint density at radius 3 is 1.41 bits per heavy atom. The lowest BCUT2D eigenvalue weighted by atomic mass is 9.94. The van der Waals surface area contributed by atoms with E-state index in [4.69, 9.17) is 6.42 Å². The molecule has 0 aliphatic carbocycles. The zero-order valence-electron chi connectivity index (χ0n) is 20.1. The van der Waals surface area contributed by atoms with Crippen LogP contribution in [0.15, 0.2) is 121 Å². The number of rotatable bonds is 1. The zero-order chi connectivity index (χ0) is 24.5. The van der Waals surface area contributed by atoms with Gasteiger partial charge in [0.25, 0.3) is 0 Å². The lowest BCUT2D eigenvalue weighted by Gasteiger charge is -2.09. The molecule has 0 atom stereocenters. The van der Waals surface area contributed by atoms with Gasteiger partial charge in [-0.3, -0.25) is 0 Å². The molecule has 1 heterocycles. The molecule has 0 aliphatic heterocycles. The van der Waals surface area contributed by atoms with Gasteiger partial charge in [-0.05, 0) is 79.5 Å². The highest BCUT2D eigenvalue weighted by atomic mass is 15.0. The highest BCUT2D eigenvalue weighted by Gasteiger charge is 2.19. The van der Waals surface area contributed by atoms with Gasteiger partial charge in [0.05, 0.1) is 11.0 Å². The number of nitrogens with zero attached hydrogens (tertiary/aromatic N) is 1. The summed E-state index contributed by atoms with van der Waals surface area (Å²) in [6.45, 7) is 0. The molecule has 0 saturated carbocycles. The molecule has 0 bridgehead atoms. The third kappa shape index (κ3) is 2.76. The molecule has 8 rings (SSSR count). The van der Waals surface area contributed by atoms with Crippen molar-refractivity contribution >= 4 is 64.9 Å². The first kappa shape index (κ1) is 20.2. The standard InChI is InChI=1S/C36H21N/c1-2-23-11-19-28(20-12-23)37-31-21-17-26-15-13-24-7-3-5-9-29(24)33(26)35(31)36-32(37)22-18-27-16-14-25-8-4-6-10-30(25)34(27)36/h1,3-22H. The lowest BCUT2D eigenvalue weighted by molar-refractivity contribution is 1.18. The van der Waals surface area contributed by atoms with E-state index in [1.54, 1.807) is 0 Å². The topological polar surface area (TPSA) is 4.93 Å². The second-order valence-electron chi connectivity index (χ2n) is 9.72. The minimum Gasteiger partial charge on any atom is -0.309 e. The van der Waals surface area contributed by atoms with Crippen LogP contribution >= 0.6 is 0 Å². The molecular formula is C36H21N. The molecule has 37 heavy (non-hydrogen) atoms. The Kier molecular flexibility index (Phi) is 4.07. The molecule has 8 aromatic rings. The molecule has 0 unspecified atom stereocenters. The maximum Gasteiger partial charge on any atom is 0.0548 e. The van der Waals surface area contributed by atoms with Gasteiger partial charge in [0.15, 0.2) is 0 Å². The summed E-state index contributed by atoms with van der Waals surface area (Å²) >= 11 is 0. The average molecular weight is 468 g/mol. The minimum absolute atomic E-state index is 0.886. The Bertz CT molecular complexity index is 2110. The largest absolute Gasteiger partial charge is 0.309 e. The van der Waals surface area contributed by atoms with Crippen LogP contribution in [-0.4, -0.2) is 4.57 Å². The van der Waals surface area contributed by atoms with E-state index in [0.29, 0.717) is 0 Å². The molecule has 0 amide bonds. The molecule has 0 saturated heterocycles. The van der Waals surface area contributed by atoms with Gasteiger partial charge in [-0.2, -0.15) is 0 Å². The maximum atomic E-state index is 5.67. The number of hydrogen-bond acceptors (Lipinski definition) is 0. The Morgan fingerprint density at radius 2 is 0.892 bits per heavy atom. The first-order valence-corrected chi connectivity index (χ1v) is 12.6.